The van der Waals surface area contributed by atoms with Crippen molar-refractivity contribution in [3.63, 3.8) is 0 Å². The molecule has 13 rings (SSSR count). The van der Waals surface area contributed by atoms with Crippen LogP contribution >= 0.6 is 0 Å². The van der Waals surface area contributed by atoms with Crippen molar-refractivity contribution in [3.8, 4) is 55.6 Å². The molecule has 2 heteroatoms. The van der Waals surface area contributed by atoms with Gasteiger partial charge in [-0.15, -0.1) is 0 Å². The molecule has 1 aliphatic heterocycles. The Morgan fingerprint density at radius 2 is 0.635 bits per heavy atom. The summed E-state index contributed by atoms with van der Waals surface area (Å²) in [5.74, 6) is 0. The van der Waals surface area contributed by atoms with Crippen LogP contribution in [0.15, 0.2) is 243 Å². The van der Waals surface area contributed by atoms with Crippen LogP contribution in [0.2, 0.25) is 0 Å². The van der Waals surface area contributed by atoms with E-state index in [2.05, 4.69) is 252 Å². The summed E-state index contributed by atoms with van der Waals surface area (Å²) in [6.07, 6.45) is 0. The van der Waals surface area contributed by atoms with Crippen LogP contribution in [-0.4, -0.2) is 0 Å². The third-order valence-corrected chi connectivity index (χ3v) is 13.6. The predicted molar refractivity (Wildman–Crippen MR) is 262 cm³/mol. The van der Waals surface area contributed by atoms with Crippen molar-refractivity contribution in [2.75, 3.05) is 9.80 Å². The molecule has 0 saturated heterocycles. The maximum atomic E-state index is 2.50. The number of benzene rings is 10. The summed E-state index contributed by atoms with van der Waals surface area (Å²) in [6, 6.07) is 89.9. The Kier molecular flexibility index (Phi) is 7.85. The second-order valence-electron chi connectivity index (χ2n) is 16.8. The second-order valence-corrected chi connectivity index (χ2v) is 16.8. The molecule has 0 atom stereocenters. The average molecular weight is 801 g/mol. The van der Waals surface area contributed by atoms with E-state index in [0.717, 1.165) is 34.1 Å². The van der Waals surface area contributed by atoms with E-state index in [9.17, 15) is 0 Å². The van der Waals surface area contributed by atoms with E-state index < -0.39 is 5.41 Å². The van der Waals surface area contributed by atoms with Crippen molar-refractivity contribution in [2.45, 2.75) is 5.41 Å². The van der Waals surface area contributed by atoms with Gasteiger partial charge in [0, 0.05) is 33.9 Å². The largest absolute Gasteiger partial charge is 0.310 e. The summed E-state index contributed by atoms with van der Waals surface area (Å²) in [5.41, 5.74) is 23.8. The van der Waals surface area contributed by atoms with E-state index in [0.29, 0.717) is 0 Å². The molecule has 294 valence electrons. The molecular formula is C61H40N2. The number of hydrogen-bond acceptors (Lipinski definition) is 2. The monoisotopic (exact) mass is 800 g/mol. The van der Waals surface area contributed by atoms with Crippen molar-refractivity contribution in [3.05, 3.63) is 265 Å². The van der Waals surface area contributed by atoms with Crippen LogP contribution in [0.1, 0.15) is 22.3 Å². The molecule has 63 heavy (non-hydrogen) atoms. The van der Waals surface area contributed by atoms with Crippen LogP contribution in [0.3, 0.4) is 0 Å². The Morgan fingerprint density at radius 1 is 0.254 bits per heavy atom. The molecule has 0 unspecified atom stereocenters. The van der Waals surface area contributed by atoms with E-state index in [1.54, 1.807) is 0 Å². The summed E-state index contributed by atoms with van der Waals surface area (Å²) in [5, 5.41) is 0. The van der Waals surface area contributed by atoms with Crippen molar-refractivity contribution < 1.29 is 0 Å². The Bertz CT molecular complexity index is 3350. The summed E-state index contributed by atoms with van der Waals surface area (Å²) < 4.78 is 0. The van der Waals surface area contributed by atoms with Crippen LogP contribution in [0.5, 0.6) is 0 Å². The van der Waals surface area contributed by atoms with E-state index in [1.165, 1.54) is 77.9 Å². The summed E-state index contributed by atoms with van der Waals surface area (Å²) >= 11 is 0. The number of fused-ring (bicyclic) bond motifs is 17. The van der Waals surface area contributed by atoms with E-state index in [4.69, 9.17) is 0 Å². The Labute approximate surface area is 368 Å². The normalized spacial score (nSPS) is 13.2. The zero-order chi connectivity index (χ0) is 41.5. The zero-order valence-electron chi connectivity index (χ0n) is 34.5. The van der Waals surface area contributed by atoms with Gasteiger partial charge < -0.3 is 9.80 Å². The fraction of sp³-hybridized carbons (Fsp3) is 0.0164. The van der Waals surface area contributed by atoms with Gasteiger partial charge in [-0.3, -0.25) is 0 Å². The first-order valence-corrected chi connectivity index (χ1v) is 21.9. The number of para-hydroxylation sites is 4. The van der Waals surface area contributed by atoms with Gasteiger partial charge >= 0.3 is 0 Å². The average Bonchev–Trinajstić information content (AvgIpc) is 3.51. The SMILES string of the molecule is c1ccc(N(c2ccc3c(c2)-c2ccccc2N(c2ccccc2)c2ccccc2-3)c2ccc3c(c2)C2(c4ccccc4-c4ccccc4-c4ccccc42)c2ccccc2-3)cc1. The highest BCUT2D eigenvalue weighted by molar-refractivity contribution is 6.04. The van der Waals surface area contributed by atoms with Gasteiger partial charge in [0.1, 0.15) is 0 Å². The second kappa shape index (κ2) is 13.9. The molecule has 1 spiro atoms. The minimum atomic E-state index is -0.576. The van der Waals surface area contributed by atoms with Gasteiger partial charge in [0.25, 0.3) is 0 Å². The van der Waals surface area contributed by atoms with Crippen LogP contribution in [0, 0.1) is 0 Å². The molecule has 0 radical (unpaired) electrons. The standard InChI is InChI=1S/C61H40N2/c1-3-19-41(20-4-1)62(43-35-37-47-52-28-12-17-33-59(52)63(42-21-5-2-6-22-42)60-34-18-13-29-53(60)54(47)39-43)44-36-38-51-50-27-11-16-32-57(50)61(58(51)40-44)55-30-14-9-25-48(55)45-23-7-8-24-46(45)49-26-10-15-31-56(49)61/h1-40H. The lowest BCUT2D eigenvalue weighted by Gasteiger charge is -2.36. The topological polar surface area (TPSA) is 6.48 Å². The molecule has 10 aromatic carbocycles. The van der Waals surface area contributed by atoms with E-state index in [1.807, 2.05) is 0 Å². The van der Waals surface area contributed by atoms with Gasteiger partial charge in [-0.25, -0.2) is 0 Å². The first kappa shape index (κ1) is 35.5. The van der Waals surface area contributed by atoms with Crippen molar-refractivity contribution >= 4 is 34.1 Å². The minimum Gasteiger partial charge on any atom is -0.310 e. The molecule has 2 nitrogen and oxygen atoms in total. The van der Waals surface area contributed by atoms with Crippen molar-refractivity contribution in [2.24, 2.45) is 0 Å². The Morgan fingerprint density at radius 3 is 1.21 bits per heavy atom. The van der Waals surface area contributed by atoms with Gasteiger partial charge in [-0.05, 0) is 127 Å². The fourth-order valence-electron chi connectivity index (χ4n) is 11.1. The highest BCUT2D eigenvalue weighted by Gasteiger charge is 2.50. The lowest BCUT2D eigenvalue weighted by atomic mass is 9.66. The highest BCUT2D eigenvalue weighted by atomic mass is 15.2. The maximum absolute atomic E-state index is 2.50. The van der Waals surface area contributed by atoms with E-state index >= 15 is 0 Å². The molecule has 1 heterocycles. The first-order valence-electron chi connectivity index (χ1n) is 21.9. The molecule has 0 saturated carbocycles. The molecule has 10 aromatic rings. The number of anilines is 6. The summed E-state index contributed by atoms with van der Waals surface area (Å²) in [7, 11) is 0. The molecule has 0 amide bonds. The Balaban J connectivity index is 1.07. The molecular weight excluding hydrogens is 761 g/mol. The predicted octanol–water partition coefficient (Wildman–Crippen LogP) is 16.3. The van der Waals surface area contributed by atoms with Gasteiger partial charge in [0.05, 0.1) is 16.8 Å². The number of hydrogen-bond donors (Lipinski definition) is 0. The lowest BCUT2D eigenvalue weighted by molar-refractivity contribution is 0.775. The number of rotatable bonds is 4. The molecule has 0 bridgehead atoms. The van der Waals surface area contributed by atoms with Gasteiger partial charge in [-0.2, -0.15) is 0 Å². The van der Waals surface area contributed by atoms with Crippen LogP contribution in [-0.2, 0) is 5.41 Å². The summed E-state index contributed by atoms with van der Waals surface area (Å²) in [6.45, 7) is 0. The molecule has 0 aromatic heterocycles. The van der Waals surface area contributed by atoms with Crippen LogP contribution in [0.25, 0.3) is 55.6 Å². The van der Waals surface area contributed by atoms with Crippen molar-refractivity contribution in [1.29, 1.82) is 0 Å². The molecule has 3 aliphatic rings. The van der Waals surface area contributed by atoms with Crippen LogP contribution in [0.4, 0.5) is 34.1 Å². The maximum Gasteiger partial charge on any atom is 0.0726 e. The third-order valence-electron chi connectivity index (χ3n) is 13.6. The number of nitrogens with zero attached hydrogens (tertiary/aromatic N) is 2. The first-order chi connectivity index (χ1) is 31.3. The van der Waals surface area contributed by atoms with E-state index in [-0.39, 0.29) is 0 Å². The zero-order valence-corrected chi connectivity index (χ0v) is 34.5. The highest BCUT2D eigenvalue weighted by Crippen LogP contribution is 2.62. The fourth-order valence-corrected chi connectivity index (χ4v) is 11.1. The van der Waals surface area contributed by atoms with Gasteiger partial charge in [0.2, 0.25) is 0 Å². The smallest absolute Gasteiger partial charge is 0.0726 e. The quantitative estimate of drug-likeness (QED) is 0.175. The minimum absolute atomic E-state index is 0.576. The van der Waals surface area contributed by atoms with Gasteiger partial charge in [0.15, 0.2) is 0 Å². The third kappa shape index (κ3) is 5.13. The lowest BCUT2D eigenvalue weighted by Crippen LogP contribution is -2.29. The van der Waals surface area contributed by atoms with Crippen LogP contribution < -0.4 is 9.80 Å². The van der Waals surface area contributed by atoms with Gasteiger partial charge in [-0.1, -0.05) is 182 Å². The molecule has 0 N–H and O–H groups in total. The summed E-state index contributed by atoms with van der Waals surface area (Å²) in [4.78, 5) is 4.87. The Hall–Kier alpha value is -8.20. The molecule has 0 fully saturated rings. The molecule has 2 aliphatic carbocycles. The van der Waals surface area contributed by atoms with Crippen molar-refractivity contribution in [1.82, 2.24) is 0 Å².